The minimum atomic E-state index is -0.401. The molecule has 1 aromatic heterocycles. The first-order valence-corrected chi connectivity index (χ1v) is 7.74. The Balaban J connectivity index is 1.90. The van der Waals surface area contributed by atoms with Gasteiger partial charge in [-0.1, -0.05) is 13.8 Å². The van der Waals surface area contributed by atoms with Gasteiger partial charge in [-0.05, 0) is 31.6 Å². The Kier molecular flexibility index (Phi) is 3.69. The molecule has 0 unspecified atom stereocenters. The topological polar surface area (TPSA) is 78.1 Å². The molecule has 1 aliphatic heterocycles. The molecule has 114 valence electrons. The lowest BCUT2D eigenvalue weighted by Crippen LogP contribution is -2.59. The lowest BCUT2D eigenvalue weighted by Gasteiger charge is -2.37. The number of aromatic amines is 1. The van der Waals surface area contributed by atoms with E-state index in [1.54, 1.807) is 4.90 Å². The zero-order chi connectivity index (χ0) is 15.0. The maximum Gasteiger partial charge on any atom is 0.275 e. The molecule has 1 saturated heterocycles. The van der Waals surface area contributed by atoms with E-state index >= 15 is 0 Å². The van der Waals surface area contributed by atoms with Crippen molar-refractivity contribution in [2.75, 3.05) is 13.1 Å². The minimum Gasteiger partial charge on any atom is -0.353 e. The van der Waals surface area contributed by atoms with Gasteiger partial charge in [-0.3, -0.25) is 14.7 Å². The summed E-state index contributed by atoms with van der Waals surface area (Å²) in [5.41, 5.74) is 2.66. The molecule has 0 radical (unpaired) electrons. The minimum absolute atomic E-state index is 0.0611. The van der Waals surface area contributed by atoms with Crippen molar-refractivity contribution in [3.8, 4) is 0 Å². The van der Waals surface area contributed by atoms with Crippen molar-refractivity contribution in [2.24, 2.45) is 5.92 Å². The third-order valence-electron chi connectivity index (χ3n) is 4.41. The summed E-state index contributed by atoms with van der Waals surface area (Å²) >= 11 is 0. The van der Waals surface area contributed by atoms with Gasteiger partial charge in [0.05, 0.1) is 0 Å². The van der Waals surface area contributed by atoms with Crippen LogP contribution in [0.2, 0.25) is 0 Å². The van der Waals surface area contributed by atoms with E-state index in [9.17, 15) is 9.59 Å². The highest BCUT2D eigenvalue weighted by Crippen LogP contribution is 2.25. The van der Waals surface area contributed by atoms with Gasteiger partial charge in [-0.25, -0.2) is 0 Å². The second kappa shape index (κ2) is 5.50. The van der Waals surface area contributed by atoms with Crippen molar-refractivity contribution in [1.82, 2.24) is 20.4 Å². The number of rotatable bonds is 2. The smallest absolute Gasteiger partial charge is 0.275 e. The van der Waals surface area contributed by atoms with Gasteiger partial charge in [-0.2, -0.15) is 5.10 Å². The highest BCUT2D eigenvalue weighted by Gasteiger charge is 2.37. The molecule has 6 heteroatoms. The van der Waals surface area contributed by atoms with Crippen molar-refractivity contribution in [1.29, 1.82) is 0 Å². The van der Waals surface area contributed by atoms with Crippen LogP contribution in [0.4, 0.5) is 0 Å². The predicted molar refractivity (Wildman–Crippen MR) is 77.9 cm³/mol. The molecule has 2 N–H and O–H groups in total. The highest BCUT2D eigenvalue weighted by atomic mass is 16.2. The lowest BCUT2D eigenvalue weighted by atomic mass is 9.94. The van der Waals surface area contributed by atoms with Gasteiger partial charge in [0.2, 0.25) is 5.91 Å². The Morgan fingerprint density at radius 2 is 2.10 bits per heavy atom. The zero-order valence-electron chi connectivity index (χ0n) is 12.6. The van der Waals surface area contributed by atoms with E-state index < -0.39 is 6.04 Å². The first kappa shape index (κ1) is 14.1. The molecule has 0 bridgehead atoms. The van der Waals surface area contributed by atoms with Crippen molar-refractivity contribution >= 4 is 11.8 Å². The Labute approximate surface area is 124 Å². The number of aryl methyl sites for hydroxylation is 1. The van der Waals surface area contributed by atoms with Crippen LogP contribution < -0.4 is 5.32 Å². The van der Waals surface area contributed by atoms with Gasteiger partial charge in [0, 0.05) is 24.3 Å². The fourth-order valence-corrected chi connectivity index (χ4v) is 3.37. The number of hydrogen-bond acceptors (Lipinski definition) is 3. The SMILES string of the molecule is CC(C)[C@H]1C(=O)NCCN1C(=O)c1n[nH]c2c1CCCC2. The maximum atomic E-state index is 12.9. The van der Waals surface area contributed by atoms with Crippen LogP contribution in [0.25, 0.3) is 0 Å². The van der Waals surface area contributed by atoms with Crippen LogP contribution in [0, 0.1) is 5.92 Å². The van der Waals surface area contributed by atoms with Crippen molar-refractivity contribution in [3.05, 3.63) is 17.0 Å². The Bertz CT molecular complexity index is 564. The number of fused-ring (bicyclic) bond motifs is 1. The molecule has 2 heterocycles. The van der Waals surface area contributed by atoms with E-state index in [-0.39, 0.29) is 17.7 Å². The van der Waals surface area contributed by atoms with E-state index in [1.807, 2.05) is 13.8 Å². The lowest BCUT2D eigenvalue weighted by molar-refractivity contribution is -0.129. The predicted octanol–water partition coefficient (Wildman–Crippen LogP) is 0.885. The molecule has 2 aliphatic rings. The number of nitrogens with one attached hydrogen (secondary N) is 2. The van der Waals surface area contributed by atoms with Gasteiger partial charge < -0.3 is 10.2 Å². The first-order chi connectivity index (χ1) is 10.1. The monoisotopic (exact) mass is 290 g/mol. The molecular formula is C15H22N4O2. The van der Waals surface area contributed by atoms with Gasteiger partial charge in [-0.15, -0.1) is 0 Å². The molecule has 2 amide bonds. The summed E-state index contributed by atoms with van der Waals surface area (Å²) in [5.74, 6) is -0.0824. The Hall–Kier alpha value is -1.85. The van der Waals surface area contributed by atoms with Gasteiger partial charge in [0.15, 0.2) is 5.69 Å². The molecular weight excluding hydrogens is 268 g/mol. The fourth-order valence-electron chi connectivity index (χ4n) is 3.37. The molecule has 0 spiro atoms. The number of carbonyl (C=O) groups excluding carboxylic acids is 2. The fraction of sp³-hybridized carbons (Fsp3) is 0.667. The summed E-state index contributed by atoms with van der Waals surface area (Å²) in [5, 5.41) is 10.1. The van der Waals surface area contributed by atoms with Gasteiger partial charge in [0.1, 0.15) is 6.04 Å². The van der Waals surface area contributed by atoms with Crippen LogP contribution in [0.15, 0.2) is 0 Å². The number of carbonyl (C=O) groups is 2. The van der Waals surface area contributed by atoms with Crippen LogP contribution in [0.3, 0.4) is 0 Å². The normalized spacial score (nSPS) is 22.1. The van der Waals surface area contributed by atoms with Crippen LogP contribution in [0.5, 0.6) is 0 Å². The summed E-state index contributed by atoms with van der Waals surface area (Å²) in [7, 11) is 0. The van der Waals surface area contributed by atoms with E-state index in [0.717, 1.165) is 36.9 Å². The van der Waals surface area contributed by atoms with E-state index in [4.69, 9.17) is 0 Å². The zero-order valence-corrected chi connectivity index (χ0v) is 12.6. The standard InChI is InChI=1S/C15H22N4O2/c1-9(2)13-14(20)16-7-8-19(13)15(21)12-10-5-3-4-6-11(10)17-18-12/h9,13H,3-8H2,1-2H3,(H,16,20)(H,17,18)/t13-/m0/s1. The third kappa shape index (κ3) is 2.43. The number of H-pyrrole nitrogens is 1. The van der Waals surface area contributed by atoms with Crippen molar-refractivity contribution < 1.29 is 9.59 Å². The average molecular weight is 290 g/mol. The molecule has 3 rings (SSSR count). The average Bonchev–Trinajstić information content (AvgIpc) is 2.89. The van der Waals surface area contributed by atoms with E-state index in [1.165, 1.54) is 0 Å². The van der Waals surface area contributed by atoms with Crippen LogP contribution in [0.1, 0.15) is 48.4 Å². The molecule has 1 aliphatic carbocycles. The molecule has 0 saturated carbocycles. The van der Waals surface area contributed by atoms with E-state index in [2.05, 4.69) is 15.5 Å². The summed E-state index contributed by atoms with van der Waals surface area (Å²) in [6.45, 7) is 5.00. The summed E-state index contributed by atoms with van der Waals surface area (Å²) < 4.78 is 0. The van der Waals surface area contributed by atoms with Gasteiger partial charge >= 0.3 is 0 Å². The molecule has 6 nitrogen and oxygen atoms in total. The number of piperazine rings is 1. The Morgan fingerprint density at radius 3 is 2.86 bits per heavy atom. The second-order valence-corrected chi connectivity index (χ2v) is 6.21. The van der Waals surface area contributed by atoms with Crippen LogP contribution in [-0.4, -0.2) is 46.0 Å². The Morgan fingerprint density at radius 1 is 1.33 bits per heavy atom. The van der Waals surface area contributed by atoms with Crippen molar-refractivity contribution in [2.45, 2.75) is 45.6 Å². The molecule has 21 heavy (non-hydrogen) atoms. The van der Waals surface area contributed by atoms with Gasteiger partial charge in [0.25, 0.3) is 5.91 Å². The highest BCUT2D eigenvalue weighted by molar-refractivity contribution is 5.98. The van der Waals surface area contributed by atoms with E-state index in [0.29, 0.717) is 18.8 Å². The second-order valence-electron chi connectivity index (χ2n) is 6.21. The number of aromatic nitrogens is 2. The maximum absolute atomic E-state index is 12.9. The van der Waals surface area contributed by atoms with Crippen molar-refractivity contribution in [3.63, 3.8) is 0 Å². The number of nitrogens with zero attached hydrogens (tertiary/aromatic N) is 2. The molecule has 1 aromatic rings. The largest absolute Gasteiger partial charge is 0.353 e. The third-order valence-corrected chi connectivity index (χ3v) is 4.41. The van der Waals surface area contributed by atoms with Crippen LogP contribution >= 0.6 is 0 Å². The molecule has 0 aromatic carbocycles. The number of hydrogen-bond donors (Lipinski definition) is 2. The molecule has 1 fully saturated rings. The molecule has 1 atom stereocenters. The summed E-state index contributed by atoms with van der Waals surface area (Å²) in [6.07, 6.45) is 4.10. The quantitative estimate of drug-likeness (QED) is 0.849. The first-order valence-electron chi connectivity index (χ1n) is 7.74. The summed E-state index contributed by atoms with van der Waals surface area (Å²) in [4.78, 5) is 26.6. The summed E-state index contributed by atoms with van der Waals surface area (Å²) in [6, 6.07) is -0.401. The number of amides is 2. The van der Waals surface area contributed by atoms with Crippen LogP contribution in [-0.2, 0) is 17.6 Å².